The van der Waals surface area contributed by atoms with Crippen molar-refractivity contribution in [3.63, 3.8) is 0 Å². The molecule has 26 heavy (non-hydrogen) atoms. The fraction of sp³-hybridized carbons (Fsp3) is 0.353. The second-order valence-corrected chi connectivity index (χ2v) is 6.89. The topological polar surface area (TPSA) is 110 Å². The van der Waals surface area contributed by atoms with Crippen LogP contribution >= 0.6 is 0 Å². The molecular formula is C17H21N7O2. The van der Waals surface area contributed by atoms with E-state index in [1.165, 1.54) is 6.07 Å². The van der Waals surface area contributed by atoms with Gasteiger partial charge in [-0.15, -0.1) is 15.3 Å². The fourth-order valence-electron chi connectivity index (χ4n) is 2.52. The highest BCUT2D eigenvalue weighted by molar-refractivity contribution is 5.61. The number of nitro benzene ring substituents is 1. The zero-order chi connectivity index (χ0) is 18.7. The maximum Gasteiger partial charge on any atom is 0.292 e. The number of benzene rings is 1. The molecule has 0 radical (unpaired) electrons. The van der Waals surface area contributed by atoms with Crippen LogP contribution in [0.1, 0.15) is 26.6 Å². The Balaban J connectivity index is 1.65. The molecule has 2 heterocycles. The maximum atomic E-state index is 11.0. The van der Waals surface area contributed by atoms with Gasteiger partial charge in [-0.3, -0.25) is 10.1 Å². The van der Waals surface area contributed by atoms with E-state index < -0.39 is 4.92 Å². The van der Waals surface area contributed by atoms with Gasteiger partial charge in [-0.05, 0) is 18.2 Å². The predicted octanol–water partition coefficient (Wildman–Crippen LogP) is 2.85. The van der Waals surface area contributed by atoms with E-state index in [-0.39, 0.29) is 11.1 Å². The Labute approximate surface area is 150 Å². The van der Waals surface area contributed by atoms with Crippen LogP contribution in [0.25, 0.3) is 5.65 Å². The summed E-state index contributed by atoms with van der Waals surface area (Å²) in [6.45, 7) is 7.24. The van der Waals surface area contributed by atoms with Crippen molar-refractivity contribution in [1.82, 2.24) is 19.8 Å². The van der Waals surface area contributed by atoms with Crippen LogP contribution in [0.3, 0.4) is 0 Å². The number of hydrogen-bond donors (Lipinski definition) is 2. The van der Waals surface area contributed by atoms with Crippen LogP contribution in [-0.2, 0) is 5.41 Å². The van der Waals surface area contributed by atoms with Crippen molar-refractivity contribution < 1.29 is 4.92 Å². The van der Waals surface area contributed by atoms with E-state index in [0.29, 0.717) is 30.2 Å². The number of para-hydroxylation sites is 2. The summed E-state index contributed by atoms with van der Waals surface area (Å²) in [6.07, 6.45) is 0. The highest BCUT2D eigenvalue weighted by Gasteiger charge is 2.21. The molecule has 3 rings (SSSR count). The number of aromatic nitrogens is 4. The Bertz CT molecular complexity index is 930. The minimum Gasteiger partial charge on any atom is -0.378 e. The molecule has 2 aromatic heterocycles. The summed E-state index contributed by atoms with van der Waals surface area (Å²) in [5, 5.41) is 30.2. The zero-order valence-electron chi connectivity index (χ0n) is 14.9. The quantitative estimate of drug-likeness (QED) is 0.397. The lowest BCUT2D eigenvalue weighted by molar-refractivity contribution is -0.384. The van der Waals surface area contributed by atoms with E-state index in [1.807, 2.05) is 12.1 Å². The van der Waals surface area contributed by atoms with Gasteiger partial charge in [0.25, 0.3) is 5.69 Å². The lowest BCUT2D eigenvalue weighted by Gasteiger charge is -2.15. The van der Waals surface area contributed by atoms with Gasteiger partial charge in [-0.2, -0.15) is 4.52 Å². The third kappa shape index (κ3) is 3.71. The van der Waals surface area contributed by atoms with Crippen molar-refractivity contribution in [3.05, 3.63) is 52.3 Å². The third-order valence-corrected chi connectivity index (χ3v) is 3.78. The van der Waals surface area contributed by atoms with Crippen LogP contribution in [0.15, 0.2) is 36.4 Å². The van der Waals surface area contributed by atoms with E-state index in [0.717, 1.165) is 5.82 Å². The van der Waals surface area contributed by atoms with Gasteiger partial charge in [0, 0.05) is 24.6 Å². The minimum absolute atomic E-state index is 0.0614. The molecule has 0 saturated carbocycles. The number of nitro groups is 1. The molecule has 3 aromatic rings. The molecule has 0 atom stereocenters. The van der Waals surface area contributed by atoms with Crippen molar-refractivity contribution in [3.8, 4) is 0 Å². The van der Waals surface area contributed by atoms with Gasteiger partial charge in [0.15, 0.2) is 11.5 Å². The number of hydrogen-bond acceptors (Lipinski definition) is 7. The smallest absolute Gasteiger partial charge is 0.292 e. The Morgan fingerprint density at radius 3 is 2.54 bits per heavy atom. The molecule has 0 amide bonds. The molecule has 9 heteroatoms. The summed E-state index contributed by atoms with van der Waals surface area (Å²) in [6, 6.07) is 10.3. The Morgan fingerprint density at radius 1 is 1.08 bits per heavy atom. The summed E-state index contributed by atoms with van der Waals surface area (Å²) in [4.78, 5) is 10.6. The van der Waals surface area contributed by atoms with Gasteiger partial charge in [-0.25, -0.2) is 0 Å². The summed E-state index contributed by atoms with van der Waals surface area (Å²) in [5.74, 6) is 1.47. The molecule has 9 nitrogen and oxygen atoms in total. The van der Waals surface area contributed by atoms with Crippen LogP contribution < -0.4 is 10.6 Å². The maximum absolute atomic E-state index is 11.0. The highest BCUT2D eigenvalue weighted by atomic mass is 16.6. The first-order valence-corrected chi connectivity index (χ1v) is 8.30. The van der Waals surface area contributed by atoms with Crippen molar-refractivity contribution in [2.24, 2.45) is 0 Å². The first-order chi connectivity index (χ1) is 12.4. The monoisotopic (exact) mass is 355 g/mol. The van der Waals surface area contributed by atoms with E-state index in [4.69, 9.17) is 0 Å². The van der Waals surface area contributed by atoms with E-state index in [2.05, 4.69) is 46.7 Å². The Hall–Kier alpha value is -3.23. The standard InChI is InChI=1S/C17H21N7O2/c1-17(2,3)16-21-20-15-9-8-14(22-23(15)16)19-11-10-18-12-6-4-5-7-13(12)24(25)26/h4-9,18H,10-11H2,1-3H3,(H,19,22). The van der Waals surface area contributed by atoms with Crippen molar-refractivity contribution in [2.75, 3.05) is 23.7 Å². The molecule has 0 spiro atoms. The summed E-state index contributed by atoms with van der Waals surface area (Å²) < 4.78 is 1.73. The Morgan fingerprint density at radius 2 is 1.81 bits per heavy atom. The molecule has 1 aromatic carbocycles. The SMILES string of the molecule is CC(C)(C)c1nnc2ccc(NCCNc3ccccc3[N+](=O)[O-])nn12. The molecule has 2 N–H and O–H groups in total. The van der Waals surface area contributed by atoms with E-state index in [1.54, 1.807) is 22.7 Å². The second kappa shape index (κ2) is 6.95. The number of nitrogens with one attached hydrogen (secondary N) is 2. The van der Waals surface area contributed by atoms with E-state index in [9.17, 15) is 10.1 Å². The molecule has 0 bridgehead atoms. The van der Waals surface area contributed by atoms with E-state index >= 15 is 0 Å². The molecule has 0 aliphatic carbocycles. The van der Waals surface area contributed by atoms with Crippen molar-refractivity contribution in [2.45, 2.75) is 26.2 Å². The first kappa shape index (κ1) is 17.6. The molecule has 0 aliphatic rings. The number of rotatable bonds is 6. The molecule has 0 fully saturated rings. The zero-order valence-corrected chi connectivity index (χ0v) is 14.9. The molecule has 0 saturated heterocycles. The van der Waals surface area contributed by atoms with Crippen molar-refractivity contribution in [1.29, 1.82) is 0 Å². The van der Waals surface area contributed by atoms with Crippen LogP contribution in [-0.4, -0.2) is 37.8 Å². The fourth-order valence-corrected chi connectivity index (χ4v) is 2.52. The molecule has 0 unspecified atom stereocenters. The summed E-state index contributed by atoms with van der Waals surface area (Å²) >= 11 is 0. The van der Waals surface area contributed by atoms with Gasteiger partial charge in [0.05, 0.1) is 4.92 Å². The van der Waals surface area contributed by atoms with Gasteiger partial charge in [0.2, 0.25) is 0 Å². The molecule has 0 aliphatic heterocycles. The van der Waals surface area contributed by atoms with Crippen LogP contribution in [0.5, 0.6) is 0 Å². The van der Waals surface area contributed by atoms with Crippen LogP contribution in [0.4, 0.5) is 17.2 Å². The van der Waals surface area contributed by atoms with Gasteiger partial charge >= 0.3 is 0 Å². The van der Waals surface area contributed by atoms with Crippen molar-refractivity contribution >= 4 is 22.8 Å². The summed E-state index contributed by atoms with van der Waals surface area (Å²) in [5.41, 5.74) is 1.08. The number of fused-ring (bicyclic) bond motifs is 1. The second-order valence-electron chi connectivity index (χ2n) is 6.89. The van der Waals surface area contributed by atoms with Gasteiger partial charge in [-0.1, -0.05) is 32.9 Å². The lowest BCUT2D eigenvalue weighted by atomic mass is 9.96. The summed E-state index contributed by atoms with van der Waals surface area (Å²) in [7, 11) is 0. The number of nitrogens with zero attached hydrogens (tertiary/aromatic N) is 5. The minimum atomic E-state index is -0.398. The third-order valence-electron chi connectivity index (χ3n) is 3.78. The predicted molar refractivity (Wildman–Crippen MR) is 99.6 cm³/mol. The highest BCUT2D eigenvalue weighted by Crippen LogP contribution is 2.23. The Kier molecular flexibility index (Phi) is 4.70. The van der Waals surface area contributed by atoms with Gasteiger partial charge < -0.3 is 10.6 Å². The molecular weight excluding hydrogens is 334 g/mol. The van der Waals surface area contributed by atoms with Crippen LogP contribution in [0.2, 0.25) is 0 Å². The van der Waals surface area contributed by atoms with Crippen LogP contribution in [0, 0.1) is 10.1 Å². The average Bonchev–Trinajstić information content (AvgIpc) is 3.02. The van der Waals surface area contributed by atoms with Gasteiger partial charge in [0.1, 0.15) is 11.5 Å². The average molecular weight is 355 g/mol. The largest absolute Gasteiger partial charge is 0.378 e. The first-order valence-electron chi connectivity index (χ1n) is 8.30. The normalized spacial score (nSPS) is 11.5. The number of anilines is 2. The lowest BCUT2D eigenvalue weighted by Crippen LogP contribution is -2.19. The molecule has 136 valence electrons.